The number of oxime groups is 1. The van der Waals surface area contributed by atoms with Crippen molar-refractivity contribution in [3.8, 4) is 0 Å². The molecule has 1 aliphatic heterocycles. The van der Waals surface area contributed by atoms with E-state index in [1.54, 1.807) is 13.8 Å². The van der Waals surface area contributed by atoms with Crippen molar-refractivity contribution in [3.05, 3.63) is 35.4 Å². The van der Waals surface area contributed by atoms with Crippen molar-refractivity contribution in [2.75, 3.05) is 0 Å². The van der Waals surface area contributed by atoms with Crippen LogP contribution in [0.1, 0.15) is 25.8 Å². The highest BCUT2D eigenvalue weighted by molar-refractivity contribution is 8.13. The predicted octanol–water partition coefficient (Wildman–Crippen LogP) is 1.79. The smallest absolute Gasteiger partial charge is 0.153 e. The number of halogens is 2. The summed E-state index contributed by atoms with van der Waals surface area (Å²) >= 11 is 0. The minimum Gasteiger partial charge on any atom is -0.389 e. The molecule has 0 spiro atoms. The number of hydrogen-bond donors (Lipinski definition) is 1. The van der Waals surface area contributed by atoms with Crippen molar-refractivity contribution >= 4 is 20.1 Å². The molecule has 1 aliphatic rings. The Morgan fingerprint density at radius 1 is 1.42 bits per heavy atom. The van der Waals surface area contributed by atoms with E-state index in [0.29, 0.717) is 0 Å². The number of nitrogens with two attached hydrogens (primary N) is 1. The standard InChI is InChI=1S/C12H14F2N2O2S/c1-12(2)6-11(16-18-12)19(15,17)7-8-9(13)4-3-5-10(8)14/h3-5,7H,6H2,1-2H3,(H2,15,17). The first-order valence-electron chi connectivity index (χ1n) is 5.57. The topological polar surface area (TPSA) is 64.7 Å². The highest BCUT2D eigenvalue weighted by Crippen LogP contribution is 2.24. The maximum Gasteiger partial charge on any atom is 0.153 e. The molecule has 4 nitrogen and oxygen atoms in total. The lowest BCUT2D eigenvalue weighted by molar-refractivity contribution is 0.0123. The average Bonchev–Trinajstić information content (AvgIpc) is 2.65. The molecule has 19 heavy (non-hydrogen) atoms. The van der Waals surface area contributed by atoms with Crippen molar-refractivity contribution < 1.29 is 17.8 Å². The van der Waals surface area contributed by atoms with E-state index in [0.717, 1.165) is 17.5 Å². The Balaban J connectivity index is 2.46. The third-order valence-electron chi connectivity index (χ3n) is 2.63. The van der Waals surface area contributed by atoms with E-state index in [1.807, 2.05) is 0 Å². The van der Waals surface area contributed by atoms with Crippen LogP contribution in [-0.4, -0.2) is 20.2 Å². The Kier molecular flexibility index (Phi) is 3.36. The van der Waals surface area contributed by atoms with E-state index in [4.69, 9.17) is 9.98 Å². The first-order valence-corrected chi connectivity index (χ1v) is 7.25. The van der Waals surface area contributed by atoms with Gasteiger partial charge in [0.15, 0.2) is 5.04 Å². The molecule has 1 unspecified atom stereocenters. The van der Waals surface area contributed by atoms with Crippen molar-refractivity contribution in [2.24, 2.45) is 10.3 Å². The molecule has 0 amide bonds. The molecule has 7 heteroatoms. The molecule has 0 saturated heterocycles. The minimum absolute atomic E-state index is 0.0974. The number of hydrogen-bond acceptors (Lipinski definition) is 3. The third kappa shape index (κ3) is 2.93. The van der Waals surface area contributed by atoms with Gasteiger partial charge in [0.2, 0.25) is 0 Å². The van der Waals surface area contributed by atoms with Crippen LogP contribution < -0.4 is 5.14 Å². The molecule has 2 N–H and O–H groups in total. The molecule has 1 atom stereocenters. The molecule has 1 aromatic carbocycles. The van der Waals surface area contributed by atoms with Gasteiger partial charge in [-0.25, -0.2) is 13.0 Å². The van der Waals surface area contributed by atoms with E-state index in [2.05, 4.69) is 5.16 Å². The molecule has 0 saturated carbocycles. The number of rotatable bonds is 1. The minimum atomic E-state index is -3.26. The van der Waals surface area contributed by atoms with Gasteiger partial charge in [-0.15, -0.1) is 0 Å². The summed E-state index contributed by atoms with van der Waals surface area (Å²) in [6.45, 7) is 3.51. The summed E-state index contributed by atoms with van der Waals surface area (Å²) in [5.41, 5.74) is -1.03. The zero-order chi connectivity index (χ0) is 14.3. The van der Waals surface area contributed by atoms with Crippen LogP contribution in [0.25, 0.3) is 0 Å². The normalized spacial score (nSPS) is 20.4. The van der Waals surface area contributed by atoms with Crippen LogP contribution in [0.3, 0.4) is 0 Å². The molecule has 0 fully saturated rings. The molecular weight excluding hydrogens is 274 g/mol. The summed E-state index contributed by atoms with van der Waals surface area (Å²) in [4.78, 5) is 5.06. The fourth-order valence-electron chi connectivity index (χ4n) is 1.64. The van der Waals surface area contributed by atoms with Crippen molar-refractivity contribution in [1.82, 2.24) is 0 Å². The molecule has 0 aromatic heterocycles. The maximum atomic E-state index is 13.5. The Labute approximate surface area is 110 Å². The van der Waals surface area contributed by atoms with Crippen molar-refractivity contribution in [3.63, 3.8) is 0 Å². The van der Waals surface area contributed by atoms with Gasteiger partial charge in [-0.2, -0.15) is 0 Å². The van der Waals surface area contributed by atoms with Gasteiger partial charge in [-0.05, 0) is 26.0 Å². The lowest BCUT2D eigenvalue weighted by atomic mass is 10.1. The largest absolute Gasteiger partial charge is 0.389 e. The molecule has 1 heterocycles. The van der Waals surface area contributed by atoms with Crippen LogP contribution in [0, 0.1) is 11.6 Å². The van der Waals surface area contributed by atoms with Crippen molar-refractivity contribution in [1.29, 1.82) is 0 Å². The van der Waals surface area contributed by atoms with Crippen molar-refractivity contribution in [2.45, 2.75) is 25.9 Å². The first kappa shape index (κ1) is 14.0. The van der Waals surface area contributed by atoms with Crippen LogP contribution in [0.5, 0.6) is 0 Å². The second-order valence-electron chi connectivity index (χ2n) is 4.91. The predicted molar refractivity (Wildman–Crippen MR) is 71.1 cm³/mol. The van der Waals surface area contributed by atoms with Crippen LogP contribution in [0.15, 0.2) is 23.4 Å². The van der Waals surface area contributed by atoms with E-state index in [9.17, 15) is 13.0 Å². The van der Waals surface area contributed by atoms with Gasteiger partial charge in [-0.1, -0.05) is 11.2 Å². The summed E-state index contributed by atoms with van der Waals surface area (Å²) < 4.78 is 39.3. The zero-order valence-electron chi connectivity index (χ0n) is 10.5. The summed E-state index contributed by atoms with van der Waals surface area (Å²) in [5, 5.41) is 10.3. The quantitative estimate of drug-likeness (QED) is 0.801. The van der Waals surface area contributed by atoms with Crippen LogP contribution in [-0.2, 0) is 14.5 Å². The van der Waals surface area contributed by atoms with Crippen LogP contribution in [0.4, 0.5) is 8.78 Å². The van der Waals surface area contributed by atoms with Gasteiger partial charge >= 0.3 is 0 Å². The monoisotopic (exact) mass is 288 g/mol. The second kappa shape index (κ2) is 4.57. The molecular formula is C12H14F2N2O2S. The Morgan fingerprint density at radius 2 is 2.00 bits per heavy atom. The molecule has 0 radical (unpaired) electrons. The summed E-state index contributed by atoms with van der Waals surface area (Å²) in [6, 6.07) is 3.36. The van der Waals surface area contributed by atoms with Gasteiger partial charge in [0, 0.05) is 11.8 Å². The summed E-state index contributed by atoms with van der Waals surface area (Å²) in [7, 11) is -3.26. The van der Waals surface area contributed by atoms with E-state index < -0.39 is 32.5 Å². The van der Waals surface area contributed by atoms with Gasteiger partial charge in [0.05, 0.1) is 15.3 Å². The highest BCUT2D eigenvalue weighted by Gasteiger charge is 2.32. The molecule has 1 aromatic rings. The fourth-order valence-corrected chi connectivity index (χ4v) is 3.08. The number of nitrogens with zero attached hydrogens (tertiary/aromatic N) is 1. The lowest BCUT2D eigenvalue weighted by Gasteiger charge is -2.13. The van der Waals surface area contributed by atoms with Gasteiger partial charge in [0.1, 0.15) is 17.2 Å². The molecule has 0 aliphatic carbocycles. The van der Waals surface area contributed by atoms with Gasteiger partial charge in [0.25, 0.3) is 0 Å². The van der Waals surface area contributed by atoms with Crippen LogP contribution >= 0.6 is 0 Å². The van der Waals surface area contributed by atoms with Gasteiger partial charge in [-0.3, -0.25) is 5.14 Å². The lowest BCUT2D eigenvalue weighted by Crippen LogP contribution is -2.29. The Morgan fingerprint density at radius 3 is 2.47 bits per heavy atom. The Bertz CT molecular complexity index is 641. The van der Waals surface area contributed by atoms with E-state index in [-0.39, 0.29) is 11.5 Å². The maximum absolute atomic E-state index is 13.5. The Hall–Kier alpha value is -1.47. The third-order valence-corrected chi connectivity index (χ3v) is 4.17. The summed E-state index contributed by atoms with van der Waals surface area (Å²) in [6.07, 6.45) is 0.245. The molecule has 2 rings (SSSR count). The van der Waals surface area contributed by atoms with Crippen LogP contribution in [0.2, 0.25) is 0 Å². The SMILES string of the molecule is CC1(C)CC(S(N)(=O)=Cc2c(F)cccc2F)=NO1. The average molecular weight is 288 g/mol. The fraction of sp³-hybridized carbons (Fsp3) is 0.333. The second-order valence-corrected chi connectivity index (χ2v) is 6.92. The molecule has 0 bridgehead atoms. The zero-order valence-corrected chi connectivity index (χ0v) is 11.3. The number of benzene rings is 1. The molecule has 104 valence electrons. The first-order chi connectivity index (χ1) is 8.71. The highest BCUT2D eigenvalue weighted by atomic mass is 32.2. The van der Waals surface area contributed by atoms with E-state index >= 15 is 0 Å². The van der Waals surface area contributed by atoms with E-state index in [1.165, 1.54) is 6.07 Å². The summed E-state index contributed by atoms with van der Waals surface area (Å²) in [5.74, 6) is -1.64. The van der Waals surface area contributed by atoms with Gasteiger partial charge < -0.3 is 4.84 Å².